The predicted molar refractivity (Wildman–Crippen MR) is 343 cm³/mol. The lowest BCUT2D eigenvalue weighted by Crippen LogP contribution is -2.30. The third-order valence-electron chi connectivity index (χ3n) is 11.8. The molecule has 0 radical (unpaired) electrons. The van der Waals surface area contributed by atoms with Crippen molar-refractivity contribution in [2.45, 2.75) is 219 Å². The van der Waals surface area contributed by atoms with Gasteiger partial charge in [-0.2, -0.15) is 0 Å². The second kappa shape index (κ2) is 64.5. The molecular formula is C73H108O6. The molecule has 79 heavy (non-hydrogen) atoms. The molecule has 0 aliphatic carbocycles. The number of unbranched alkanes of at least 4 members (excludes halogenated alkanes) is 8. The zero-order chi connectivity index (χ0) is 57.1. The molecule has 0 fully saturated rings. The van der Waals surface area contributed by atoms with E-state index in [-0.39, 0.29) is 38.0 Å². The largest absolute Gasteiger partial charge is 0.462 e. The van der Waals surface area contributed by atoms with Crippen LogP contribution in [-0.4, -0.2) is 37.2 Å². The van der Waals surface area contributed by atoms with Gasteiger partial charge in [0.2, 0.25) is 0 Å². The number of rotatable bonds is 52. The molecule has 6 heteroatoms. The molecule has 0 aromatic heterocycles. The molecule has 6 nitrogen and oxygen atoms in total. The molecule has 0 aliphatic heterocycles. The molecule has 436 valence electrons. The van der Waals surface area contributed by atoms with Gasteiger partial charge >= 0.3 is 17.9 Å². The van der Waals surface area contributed by atoms with Crippen LogP contribution in [0.5, 0.6) is 0 Å². The van der Waals surface area contributed by atoms with Crippen LogP contribution in [-0.2, 0) is 28.6 Å². The lowest BCUT2D eigenvalue weighted by atomic mass is 10.1. The van der Waals surface area contributed by atoms with E-state index in [0.717, 1.165) is 161 Å². The molecule has 0 aromatic carbocycles. The maximum atomic E-state index is 12.9. The van der Waals surface area contributed by atoms with Crippen LogP contribution < -0.4 is 0 Å². The Morgan fingerprint density at radius 2 is 0.506 bits per heavy atom. The quantitative estimate of drug-likeness (QED) is 0.0261. The lowest BCUT2D eigenvalue weighted by Gasteiger charge is -2.18. The Bertz CT molecular complexity index is 1960. The van der Waals surface area contributed by atoms with E-state index >= 15 is 0 Å². The van der Waals surface area contributed by atoms with Crippen molar-refractivity contribution in [2.75, 3.05) is 13.2 Å². The standard InChI is InChI=1S/C73H108O6/c1-4-7-10-13-16-19-22-25-28-30-31-32-33-34-35-36-37-38-39-40-41-43-45-48-51-54-57-60-63-66-72(75)78-69-70(68-77-71(74)65-62-59-56-53-50-47-44-27-24-21-18-15-12-9-6-3)79-73(76)67-64-61-58-55-52-49-46-42-29-26-23-20-17-14-11-8-5-2/h7-12,16-21,25-29,31-32,34-35,37-38,40-41,44-46,48-50,53,59,62,70H,4-6,13-15,22-24,30,33,36,39,42-43,47,51-52,54-58,60-61,63-69H2,1-3H3/b10-7-,11-8-,12-9-,19-16-,20-17-,21-18-,28-25-,29-26-,32-31-,35-34-,38-37-,41-40-,44-27-,48-45-,49-46-,53-50-,62-59-. The molecule has 0 rings (SSSR count). The van der Waals surface area contributed by atoms with Gasteiger partial charge < -0.3 is 14.2 Å². The average molecular weight is 1080 g/mol. The molecule has 0 aromatic rings. The molecule has 0 aliphatic rings. The van der Waals surface area contributed by atoms with Gasteiger partial charge in [0.15, 0.2) is 6.10 Å². The van der Waals surface area contributed by atoms with E-state index in [0.29, 0.717) is 19.3 Å². The van der Waals surface area contributed by atoms with Crippen LogP contribution in [0.25, 0.3) is 0 Å². The predicted octanol–water partition coefficient (Wildman–Crippen LogP) is 21.2. The van der Waals surface area contributed by atoms with Crippen molar-refractivity contribution < 1.29 is 28.6 Å². The molecule has 0 heterocycles. The van der Waals surface area contributed by atoms with Gasteiger partial charge in [0, 0.05) is 12.8 Å². The van der Waals surface area contributed by atoms with Crippen molar-refractivity contribution in [3.63, 3.8) is 0 Å². The topological polar surface area (TPSA) is 78.9 Å². The Morgan fingerprint density at radius 3 is 0.810 bits per heavy atom. The highest BCUT2D eigenvalue weighted by Gasteiger charge is 2.19. The number of carbonyl (C=O) groups excluding carboxylic acids is 3. The van der Waals surface area contributed by atoms with E-state index in [1.807, 2.05) is 6.08 Å². The fourth-order valence-corrected chi connectivity index (χ4v) is 7.34. The van der Waals surface area contributed by atoms with Gasteiger partial charge in [0.1, 0.15) is 13.2 Å². The molecule has 1 atom stereocenters. The highest BCUT2D eigenvalue weighted by atomic mass is 16.6. The Kier molecular flexibility index (Phi) is 59.6. The first-order valence-corrected chi connectivity index (χ1v) is 30.6. The zero-order valence-electron chi connectivity index (χ0n) is 49.8. The molecule has 0 bridgehead atoms. The molecule has 0 saturated carbocycles. The van der Waals surface area contributed by atoms with Crippen molar-refractivity contribution in [3.05, 3.63) is 207 Å². The minimum absolute atomic E-state index is 0.105. The van der Waals surface area contributed by atoms with E-state index in [1.165, 1.54) is 0 Å². The van der Waals surface area contributed by atoms with Gasteiger partial charge in [-0.1, -0.05) is 253 Å². The number of hydrogen-bond donors (Lipinski definition) is 0. The molecule has 1 unspecified atom stereocenters. The summed E-state index contributed by atoms with van der Waals surface area (Å²) in [4.78, 5) is 38.2. The number of carbonyl (C=O) groups is 3. The van der Waals surface area contributed by atoms with Gasteiger partial charge in [-0.05, 0) is 148 Å². The summed E-state index contributed by atoms with van der Waals surface area (Å²) in [6.07, 6.45) is 99.9. The first-order chi connectivity index (χ1) is 39.0. The zero-order valence-corrected chi connectivity index (χ0v) is 49.8. The first kappa shape index (κ1) is 73.0. The second-order valence-electron chi connectivity index (χ2n) is 19.1. The van der Waals surface area contributed by atoms with Crippen LogP contribution in [0.1, 0.15) is 213 Å². The summed E-state index contributed by atoms with van der Waals surface area (Å²) in [5.74, 6) is -1.14. The maximum absolute atomic E-state index is 12.9. The minimum atomic E-state index is -0.856. The van der Waals surface area contributed by atoms with Crippen LogP contribution in [0.2, 0.25) is 0 Å². The summed E-state index contributed by atoms with van der Waals surface area (Å²) >= 11 is 0. The van der Waals surface area contributed by atoms with Crippen molar-refractivity contribution in [1.29, 1.82) is 0 Å². The van der Waals surface area contributed by atoms with E-state index in [4.69, 9.17) is 14.2 Å². The minimum Gasteiger partial charge on any atom is -0.462 e. The highest BCUT2D eigenvalue weighted by molar-refractivity contribution is 5.72. The van der Waals surface area contributed by atoms with Crippen molar-refractivity contribution in [1.82, 2.24) is 0 Å². The summed E-state index contributed by atoms with van der Waals surface area (Å²) in [5.41, 5.74) is 0. The fraction of sp³-hybridized carbons (Fsp3) is 0.493. The lowest BCUT2D eigenvalue weighted by molar-refractivity contribution is -0.166. The summed E-state index contributed by atoms with van der Waals surface area (Å²) in [6.45, 7) is 6.14. The third-order valence-corrected chi connectivity index (χ3v) is 11.8. The summed E-state index contributed by atoms with van der Waals surface area (Å²) in [5, 5.41) is 0. The van der Waals surface area contributed by atoms with Crippen LogP contribution in [0, 0.1) is 0 Å². The molecule has 0 amide bonds. The van der Waals surface area contributed by atoms with E-state index in [9.17, 15) is 14.4 Å². The second-order valence-corrected chi connectivity index (χ2v) is 19.1. The Morgan fingerprint density at radius 1 is 0.266 bits per heavy atom. The Labute approximate surface area is 483 Å². The molecule has 0 spiro atoms. The monoisotopic (exact) mass is 1080 g/mol. The SMILES string of the molecule is CC/C=C\C/C=C\C/C=C\C/C=C\C/C=C\C/C=C\C/C=C\C/C=C\CCCCCCC(=O)OCC(COC(=O)C/C=C\C/C=C\C/C=C\C/C=C\C/C=C\CC)OC(=O)CCCCCC/C=C\C/C=C\C/C=C\C/C=C\CC. The van der Waals surface area contributed by atoms with E-state index in [2.05, 4.69) is 215 Å². The molecule has 0 saturated heterocycles. The summed E-state index contributed by atoms with van der Waals surface area (Å²) in [6, 6.07) is 0. The van der Waals surface area contributed by atoms with Crippen LogP contribution in [0.3, 0.4) is 0 Å². The van der Waals surface area contributed by atoms with Gasteiger partial charge in [0.05, 0.1) is 6.42 Å². The van der Waals surface area contributed by atoms with E-state index in [1.54, 1.807) is 6.08 Å². The maximum Gasteiger partial charge on any atom is 0.309 e. The number of allylic oxidation sites excluding steroid dienone is 33. The fourth-order valence-electron chi connectivity index (χ4n) is 7.34. The third kappa shape index (κ3) is 62.7. The molecule has 0 N–H and O–H groups in total. The summed E-state index contributed by atoms with van der Waals surface area (Å²) < 4.78 is 16.7. The molecular weight excluding hydrogens is 973 g/mol. The van der Waals surface area contributed by atoms with Crippen molar-refractivity contribution >= 4 is 17.9 Å². The van der Waals surface area contributed by atoms with Crippen molar-refractivity contribution in [2.24, 2.45) is 0 Å². The van der Waals surface area contributed by atoms with E-state index < -0.39 is 12.1 Å². The average Bonchev–Trinajstić information content (AvgIpc) is 3.45. The van der Waals surface area contributed by atoms with Crippen LogP contribution >= 0.6 is 0 Å². The number of hydrogen-bond acceptors (Lipinski definition) is 6. The van der Waals surface area contributed by atoms with Gasteiger partial charge in [-0.25, -0.2) is 0 Å². The Balaban J connectivity index is 4.55. The number of ether oxygens (including phenoxy) is 3. The van der Waals surface area contributed by atoms with Gasteiger partial charge in [0.25, 0.3) is 0 Å². The first-order valence-electron chi connectivity index (χ1n) is 30.6. The van der Waals surface area contributed by atoms with Gasteiger partial charge in [-0.15, -0.1) is 0 Å². The van der Waals surface area contributed by atoms with Crippen LogP contribution in [0.15, 0.2) is 207 Å². The van der Waals surface area contributed by atoms with Gasteiger partial charge in [-0.3, -0.25) is 14.4 Å². The highest BCUT2D eigenvalue weighted by Crippen LogP contribution is 2.11. The number of esters is 3. The van der Waals surface area contributed by atoms with Crippen LogP contribution in [0.4, 0.5) is 0 Å². The Hall–Kier alpha value is -6.01. The normalized spacial score (nSPS) is 13.6. The van der Waals surface area contributed by atoms with Crippen molar-refractivity contribution in [3.8, 4) is 0 Å². The smallest absolute Gasteiger partial charge is 0.309 e. The summed E-state index contributed by atoms with van der Waals surface area (Å²) in [7, 11) is 0.